The quantitative estimate of drug-likeness (QED) is 0.730. The fraction of sp³-hybridized carbons (Fsp3) is 0.556. The van der Waals surface area contributed by atoms with E-state index in [0.29, 0.717) is 0 Å². The Kier molecular flexibility index (Phi) is 2.04. The zero-order chi connectivity index (χ0) is 8.39. The lowest BCUT2D eigenvalue weighted by molar-refractivity contribution is 0.593. The SMILES string of the molecule is N[C@@H](CC1CC1)c1cncnc1. The molecule has 2 N–H and O–H groups in total. The van der Waals surface area contributed by atoms with E-state index in [-0.39, 0.29) is 6.04 Å². The molecule has 12 heavy (non-hydrogen) atoms. The topological polar surface area (TPSA) is 51.8 Å². The Morgan fingerprint density at radius 2 is 2.08 bits per heavy atom. The first-order valence-corrected chi connectivity index (χ1v) is 4.37. The van der Waals surface area contributed by atoms with Gasteiger partial charge in [0.25, 0.3) is 0 Å². The maximum absolute atomic E-state index is 5.96. The molecule has 0 spiro atoms. The Bertz CT molecular complexity index is 243. The first kappa shape index (κ1) is 7.68. The van der Waals surface area contributed by atoms with Crippen LogP contribution in [0.4, 0.5) is 0 Å². The summed E-state index contributed by atoms with van der Waals surface area (Å²) in [6.45, 7) is 0. The maximum Gasteiger partial charge on any atom is 0.115 e. The Morgan fingerprint density at radius 1 is 1.42 bits per heavy atom. The molecule has 64 valence electrons. The van der Waals surface area contributed by atoms with Gasteiger partial charge in [-0.2, -0.15) is 0 Å². The third kappa shape index (κ3) is 1.80. The lowest BCUT2D eigenvalue weighted by atomic mass is 10.1. The highest BCUT2D eigenvalue weighted by Crippen LogP contribution is 2.36. The molecule has 1 saturated carbocycles. The van der Waals surface area contributed by atoms with E-state index in [1.54, 1.807) is 12.4 Å². The van der Waals surface area contributed by atoms with Gasteiger partial charge in [0.2, 0.25) is 0 Å². The van der Waals surface area contributed by atoms with Gasteiger partial charge < -0.3 is 5.73 Å². The summed E-state index contributed by atoms with van der Waals surface area (Å²) in [5.41, 5.74) is 7.02. The number of rotatable bonds is 3. The normalized spacial score (nSPS) is 19.1. The van der Waals surface area contributed by atoms with Gasteiger partial charge in [-0.25, -0.2) is 9.97 Å². The molecule has 1 aliphatic carbocycles. The van der Waals surface area contributed by atoms with Crippen molar-refractivity contribution in [3.63, 3.8) is 0 Å². The van der Waals surface area contributed by atoms with Crippen molar-refractivity contribution in [1.29, 1.82) is 0 Å². The first-order valence-electron chi connectivity index (χ1n) is 4.37. The van der Waals surface area contributed by atoms with Crippen molar-refractivity contribution in [2.24, 2.45) is 11.7 Å². The number of nitrogens with zero attached hydrogens (tertiary/aromatic N) is 2. The highest BCUT2D eigenvalue weighted by Gasteiger charge is 2.24. The van der Waals surface area contributed by atoms with Crippen molar-refractivity contribution in [2.75, 3.05) is 0 Å². The second kappa shape index (κ2) is 3.19. The van der Waals surface area contributed by atoms with E-state index in [9.17, 15) is 0 Å². The van der Waals surface area contributed by atoms with E-state index < -0.39 is 0 Å². The summed E-state index contributed by atoms with van der Waals surface area (Å²) in [5, 5.41) is 0. The second-order valence-corrected chi connectivity index (χ2v) is 3.46. The van der Waals surface area contributed by atoms with Crippen molar-refractivity contribution >= 4 is 0 Å². The van der Waals surface area contributed by atoms with E-state index in [1.807, 2.05) is 0 Å². The Balaban J connectivity index is 1.98. The van der Waals surface area contributed by atoms with Crippen LogP contribution in [0, 0.1) is 5.92 Å². The van der Waals surface area contributed by atoms with Crippen LogP contribution < -0.4 is 5.73 Å². The summed E-state index contributed by atoms with van der Waals surface area (Å²) < 4.78 is 0. The summed E-state index contributed by atoms with van der Waals surface area (Å²) in [6.07, 6.45) is 8.93. The van der Waals surface area contributed by atoms with E-state index >= 15 is 0 Å². The molecule has 0 radical (unpaired) electrons. The lowest BCUT2D eigenvalue weighted by Crippen LogP contribution is -2.11. The molecule has 1 aliphatic rings. The second-order valence-electron chi connectivity index (χ2n) is 3.46. The zero-order valence-corrected chi connectivity index (χ0v) is 6.98. The lowest BCUT2D eigenvalue weighted by Gasteiger charge is -2.08. The molecule has 3 heteroatoms. The molecule has 0 aliphatic heterocycles. The summed E-state index contributed by atoms with van der Waals surface area (Å²) >= 11 is 0. The van der Waals surface area contributed by atoms with Crippen molar-refractivity contribution in [2.45, 2.75) is 25.3 Å². The smallest absolute Gasteiger partial charge is 0.115 e. The molecular formula is C9H13N3. The minimum absolute atomic E-state index is 0.138. The maximum atomic E-state index is 5.96. The van der Waals surface area contributed by atoms with Crippen molar-refractivity contribution < 1.29 is 0 Å². The van der Waals surface area contributed by atoms with Crippen LogP contribution in [0.2, 0.25) is 0 Å². The number of aromatic nitrogens is 2. The highest BCUT2D eigenvalue weighted by molar-refractivity contribution is 5.08. The molecular weight excluding hydrogens is 150 g/mol. The summed E-state index contributed by atoms with van der Waals surface area (Å²) in [6, 6.07) is 0.138. The average Bonchev–Trinajstić information content (AvgIpc) is 2.90. The van der Waals surface area contributed by atoms with Gasteiger partial charge in [0.1, 0.15) is 6.33 Å². The largest absolute Gasteiger partial charge is 0.324 e. The first-order chi connectivity index (χ1) is 5.86. The molecule has 1 fully saturated rings. The van der Waals surface area contributed by atoms with Crippen LogP contribution in [0.3, 0.4) is 0 Å². The number of hydrogen-bond donors (Lipinski definition) is 1. The van der Waals surface area contributed by atoms with Crippen molar-refractivity contribution in [3.8, 4) is 0 Å². The van der Waals surface area contributed by atoms with Gasteiger partial charge in [-0.05, 0) is 12.3 Å². The minimum atomic E-state index is 0.138. The Labute approximate surface area is 72.0 Å². The van der Waals surface area contributed by atoms with Crippen LogP contribution >= 0.6 is 0 Å². The predicted molar refractivity (Wildman–Crippen MR) is 46.3 cm³/mol. The summed E-state index contributed by atoms with van der Waals surface area (Å²) in [5.74, 6) is 0.861. The van der Waals surface area contributed by atoms with Crippen LogP contribution in [0.25, 0.3) is 0 Å². The average molecular weight is 163 g/mol. The number of nitrogens with two attached hydrogens (primary N) is 1. The third-order valence-electron chi connectivity index (χ3n) is 2.29. The zero-order valence-electron chi connectivity index (χ0n) is 6.98. The van der Waals surface area contributed by atoms with Gasteiger partial charge in [-0.15, -0.1) is 0 Å². The predicted octanol–water partition coefficient (Wildman–Crippen LogP) is 1.28. The van der Waals surface area contributed by atoms with Crippen LogP contribution in [0.1, 0.15) is 30.9 Å². The molecule has 1 heterocycles. The Hall–Kier alpha value is -0.960. The van der Waals surface area contributed by atoms with Crippen LogP contribution in [-0.4, -0.2) is 9.97 Å². The Morgan fingerprint density at radius 3 is 2.67 bits per heavy atom. The van der Waals surface area contributed by atoms with Crippen LogP contribution in [0.15, 0.2) is 18.7 Å². The summed E-state index contributed by atoms with van der Waals surface area (Å²) in [7, 11) is 0. The van der Waals surface area contributed by atoms with Gasteiger partial charge in [0.05, 0.1) is 0 Å². The van der Waals surface area contributed by atoms with E-state index in [0.717, 1.165) is 17.9 Å². The molecule has 1 aromatic heterocycles. The fourth-order valence-electron chi connectivity index (χ4n) is 1.35. The number of hydrogen-bond acceptors (Lipinski definition) is 3. The molecule has 0 amide bonds. The van der Waals surface area contributed by atoms with Crippen LogP contribution in [0.5, 0.6) is 0 Å². The summed E-state index contributed by atoms with van der Waals surface area (Å²) in [4.78, 5) is 7.88. The van der Waals surface area contributed by atoms with E-state index in [2.05, 4.69) is 9.97 Å². The van der Waals surface area contributed by atoms with Crippen LogP contribution in [-0.2, 0) is 0 Å². The minimum Gasteiger partial charge on any atom is -0.324 e. The third-order valence-corrected chi connectivity index (χ3v) is 2.29. The van der Waals surface area contributed by atoms with Gasteiger partial charge in [0, 0.05) is 24.0 Å². The molecule has 0 aromatic carbocycles. The van der Waals surface area contributed by atoms with E-state index in [4.69, 9.17) is 5.73 Å². The van der Waals surface area contributed by atoms with Gasteiger partial charge in [-0.1, -0.05) is 12.8 Å². The molecule has 1 aromatic rings. The standard InChI is InChI=1S/C9H13N3/c10-9(3-7-1-2-7)8-4-11-6-12-5-8/h4-7,9H,1-3,10H2/t9-/m0/s1. The van der Waals surface area contributed by atoms with E-state index in [1.165, 1.54) is 19.2 Å². The molecule has 1 atom stereocenters. The van der Waals surface area contributed by atoms with Crippen molar-refractivity contribution in [1.82, 2.24) is 9.97 Å². The molecule has 0 saturated heterocycles. The van der Waals surface area contributed by atoms with Gasteiger partial charge in [-0.3, -0.25) is 0 Å². The molecule has 2 rings (SSSR count). The molecule has 0 bridgehead atoms. The highest BCUT2D eigenvalue weighted by atomic mass is 14.8. The van der Waals surface area contributed by atoms with Gasteiger partial charge in [0.15, 0.2) is 0 Å². The van der Waals surface area contributed by atoms with Gasteiger partial charge >= 0.3 is 0 Å². The monoisotopic (exact) mass is 163 g/mol. The molecule has 3 nitrogen and oxygen atoms in total. The fourth-order valence-corrected chi connectivity index (χ4v) is 1.35. The van der Waals surface area contributed by atoms with Crippen molar-refractivity contribution in [3.05, 3.63) is 24.3 Å². The molecule has 0 unspecified atom stereocenters.